The molecule has 17 heavy (non-hydrogen) atoms. The van der Waals surface area contributed by atoms with Crippen molar-refractivity contribution >= 4 is 23.1 Å². The van der Waals surface area contributed by atoms with E-state index in [9.17, 15) is 4.79 Å². The molecule has 0 saturated heterocycles. The van der Waals surface area contributed by atoms with Crippen LogP contribution in [0, 0.1) is 5.41 Å². The number of hydrogen-bond donors (Lipinski definition) is 0. The molecule has 0 spiro atoms. The van der Waals surface area contributed by atoms with Crippen molar-refractivity contribution in [1.82, 2.24) is 0 Å². The normalized spacial score (nSPS) is 11.4. The summed E-state index contributed by atoms with van der Waals surface area (Å²) >= 11 is 6.20. The van der Waals surface area contributed by atoms with Gasteiger partial charge < -0.3 is 4.90 Å². The van der Waals surface area contributed by atoms with Crippen LogP contribution in [0.15, 0.2) is 18.2 Å². The second-order valence-corrected chi connectivity index (χ2v) is 6.05. The summed E-state index contributed by atoms with van der Waals surface area (Å²) in [6.07, 6.45) is 0. The maximum absolute atomic E-state index is 11.2. The van der Waals surface area contributed by atoms with Gasteiger partial charge in [-0.3, -0.25) is 4.79 Å². The molecule has 1 rings (SSSR count). The summed E-state index contributed by atoms with van der Waals surface area (Å²) in [4.78, 5) is 13.4. The second kappa shape index (κ2) is 5.09. The van der Waals surface area contributed by atoms with Gasteiger partial charge in [-0.15, -0.1) is 0 Å². The van der Waals surface area contributed by atoms with Crippen LogP contribution in [-0.2, 0) is 0 Å². The third kappa shape index (κ3) is 4.04. The minimum Gasteiger partial charge on any atom is -0.373 e. The van der Waals surface area contributed by atoms with Gasteiger partial charge in [0.05, 0.1) is 10.7 Å². The summed E-state index contributed by atoms with van der Waals surface area (Å²) < 4.78 is 0. The lowest BCUT2D eigenvalue weighted by molar-refractivity contribution is 0.101. The van der Waals surface area contributed by atoms with E-state index in [0.717, 1.165) is 12.2 Å². The molecule has 0 atom stereocenters. The molecular weight excluding hydrogens is 234 g/mol. The minimum absolute atomic E-state index is 0.0388. The molecule has 0 saturated carbocycles. The van der Waals surface area contributed by atoms with Crippen LogP contribution in [0.4, 0.5) is 5.69 Å². The van der Waals surface area contributed by atoms with E-state index in [0.29, 0.717) is 10.6 Å². The Bertz CT molecular complexity index is 421. The molecule has 0 aromatic heterocycles. The highest BCUT2D eigenvalue weighted by Gasteiger charge is 2.16. The highest BCUT2D eigenvalue weighted by atomic mass is 35.5. The van der Waals surface area contributed by atoms with Gasteiger partial charge in [-0.2, -0.15) is 0 Å². The SMILES string of the molecule is CC(=O)c1ccc(N(C)CC(C)(C)C)c(Cl)c1. The van der Waals surface area contributed by atoms with Gasteiger partial charge in [0.25, 0.3) is 0 Å². The number of nitrogens with zero attached hydrogens (tertiary/aromatic N) is 1. The summed E-state index contributed by atoms with van der Waals surface area (Å²) in [7, 11) is 2.01. The van der Waals surface area contributed by atoms with Crippen LogP contribution in [-0.4, -0.2) is 19.4 Å². The lowest BCUT2D eigenvalue weighted by Gasteiger charge is -2.29. The van der Waals surface area contributed by atoms with Crippen LogP contribution >= 0.6 is 11.6 Å². The third-order valence-corrected chi connectivity index (χ3v) is 2.78. The molecule has 0 bridgehead atoms. The Hall–Kier alpha value is -1.02. The zero-order valence-corrected chi connectivity index (χ0v) is 11.9. The molecule has 0 fully saturated rings. The Balaban J connectivity index is 2.96. The predicted octanol–water partition coefficient (Wildman–Crippen LogP) is 4.02. The van der Waals surface area contributed by atoms with Crippen molar-refractivity contribution in [3.63, 3.8) is 0 Å². The topological polar surface area (TPSA) is 20.3 Å². The summed E-state index contributed by atoms with van der Waals surface area (Å²) in [6, 6.07) is 5.46. The first-order chi connectivity index (χ1) is 7.70. The fraction of sp³-hybridized carbons (Fsp3) is 0.500. The van der Waals surface area contributed by atoms with Gasteiger partial charge in [0.15, 0.2) is 5.78 Å². The van der Waals surface area contributed by atoms with Gasteiger partial charge in [0.2, 0.25) is 0 Å². The summed E-state index contributed by atoms with van der Waals surface area (Å²) in [6.45, 7) is 9.00. The molecule has 0 amide bonds. The van der Waals surface area contributed by atoms with Crippen molar-refractivity contribution in [1.29, 1.82) is 0 Å². The molecule has 0 aliphatic carbocycles. The number of hydrogen-bond acceptors (Lipinski definition) is 2. The number of benzene rings is 1. The Morgan fingerprint density at radius 3 is 2.35 bits per heavy atom. The van der Waals surface area contributed by atoms with Crippen molar-refractivity contribution < 1.29 is 4.79 Å². The van der Waals surface area contributed by atoms with Crippen molar-refractivity contribution in [2.45, 2.75) is 27.7 Å². The van der Waals surface area contributed by atoms with Gasteiger partial charge in [-0.25, -0.2) is 0 Å². The number of rotatable bonds is 3. The van der Waals surface area contributed by atoms with Gasteiger partial charge in [-0.05, 0) is 30.5 Å². The lowest BCUT2D eigenvalue weighted by Crippen LogP contribution is -2.29. The van der Waals surface area contributed by atoms with Crippen molar-refractivity contribution in [2.75, 3.05) is 18.5 Å². The lowest BCUT2D eigenvalue weighted by atomic mass is 9.96. The molecule has 0 heterocycles. The van der Waals surface area contributed by atoms with Crippen molar-refractivity contribution in [2.24, 2.45) is 5.41 Å². The molecular formula is C14H20ClNO. The van der Waals surface area contributed by atoms with Crippen molar-refractivity contribution in [3.8, 4) is 0 Å². The van der Waals surface area contributed by atoms with E-state index in [1.54, 1.807) is 13.0 Å². The third-order valence-electron chi connectivity index (χ3n) is 2.48. The number of carbonyl (C=O) groups excluding carboxylic acids is 1. The average Bonchev–Trinajstić information content (AvgIpc) is 2.14. The Morgan fingerprint density at radius 2 is 1.94 bits per heavy atom. The molecule has 1 aromatic carbocycles. The monoisotopic (exact) mass is 253 g/mol. The molecule has 0 N–H and O–H groups in total. The fourth-order valence-electron chi connectivity index (χ4n) is 1.83. The Kier molecular flexibility index (Phi) is 4.21. The van der Waals surface area contributed by atoms with Crippen LogP contribution in [0.2, 0.25) is 5.02 Å². The number of anilines is 1. The average molecular weight is 254 g/mol. The number of Topliss-reactive ketones (excluding diaryl/α,β-unsaturated/α-hetero) is 1. The number of carbonyl (C=O) groups is 1. The van der Waals surface area contributed by atoms with Crippen LogP contribution in [0.3, 0.4) is 0 Å². The molecule has 0 aliphatic heterocycles. The van der Waals surface area contributed by atoms with E-state index < -0.39 is 0 Å². The maximum atomic E-state index is 11.2. The fourth-order valence-corrected chi connectivity index (χ4v) is 2.16. The largest absolute Gasteiger partial charge is 0.373 e. The Labute approximate surface area is 109 Å². The molecule has 0 unspecified atom stereocenters. The maximum Gasteiger partial charge on any atom is 0.159 e. The first-order valence-electron chi connectivity index (χ1n) is 5.72. The second-order valence-electron chi connectivity index (χ2n) is 5.64. The zero-order valence-electron chi connectivity index (χ0n) is 11.2. The van der Waals surface area contributed by atoms with Gasteiger partial charge in [0, 0.05) is 19.2 Å². The van der Waals surface area contributed by atoms with Crippen LogP contribution < -0.4 is 4.90 Å². The molecule has 3 heteroatoms. The molecule has 94 valence electrons. The molecule has 0 radical (unpaired) electrons. The quantitative estimate of drug-likeness (QED) is 0.759. The Morgan fingerprint density at radius 1 is 1.35 bits per heavy atom. The zero-order chi connectivity index (χ0) is 13.2. The van der Waals surface area contributed by atoms with E-state index in [-0.39, 0.29) is 11.2 Å². The van der Waals surface area contributed by atoms with E-state index in [4.69, 9.17) is 11.6 Å². The highest BCUT2D eigenvalue weighted by Crippen LogP contribution is 2.28. The van der Waals surface area contributed by atoms with Gasteiger partial charge in [0.1, 0.15) is 0 Å². The van der Waals surface area contributed by atoms with E-state index in [1.807, 2.05) is 19.2 Å². The molecule has 1 aromatic rings. The standard InChI is InChI=1S/C14H20ClNO/c1-10(17)11-6-7-13(12(15)8-11)16(5)9-14(2,3)4/h6-8H,9H2,1-5H3. The summed E-state index contributed by atoms with van der Waals surface area (Å²) in [5.74, 6) is 0.0388. The van der Waals surface area contributed by atoms with Crippen LogP contribution in [0.5, 0.6) is 0 Å². The summed E-state index contributed by atoms with van der Waals surface area (Å²) in [5, 5.41) is 0.629. The van der Waals surface area contributed by atoms with Gasteiger partial charge >= 0.3 is 0 Å². The predicted molar refractivity (Wildman–Crippen MR) is 74.2 cm³/mol. The van der Waals surface area contributed by atoms with E-state index >= 15 is 0 Å². The molecule has 2 nitrogen and oxygen atoms in total. The van der Waals surface area contributed by atoms with Crippen LogP contribution in [0.1, 0.15) is 38.1 Å². The highest BCUT2D eigenvalue weighted by molar-refractivity contribution is 6.33. The first kappa shape index (κ1) is 14.0. The van der Waals surface area contributed by atoms with Crippen LogP contribution in [0.25, 0.3) is 0 Å². The van der Waals surface area contributed by atoms with E-state index in [2.05, 4.69) is 25.7 Å². The van der Waals surface area contributed by atoms with E-state index in [1.165, 1.54) is 0 Å². The van der Waals surface area contributed by atoms with Crippen molar-refractivity contribution in [3.05, 3.63) is 28.8 Å². The molecule has 0 aliphatic rings. The number of ketones is 1. The summed E-state index contributed by atoms with van der Waals surface area (Å²) in [5.41, 5.74) is 1.83. The smallest absolute Gasteiger partial charge is 0.159 e. The first-order valence-corrected chi connectivity index (χ1v) is 6.10. The minimum atomic E-state index is 0.0388. The number of halogens is 1. The van der Waals surface area contributed by atoms with Gasteiger partial charge in [-0.1, -0.05) is 32.4 Å².